The van der Waals surface area contributed by atoms with Crippen molar-refractivity contribution in [3.63, 3.8) is 0 Å². The van der Waals surface area contributed by atoms with Gasteiger partial charge in [0.2, 0.25) is 0 Å². The Morgan fingerprint density at radius 3 is 2.93 bits per heavy atom. The molecule has 1 aromatic carbocycles. The van der Waals surface area contributed by atoms with Gasteiger partial charge in [0.25, 0.3) is 0 Å². The summed E-state index contributed by atoms with van der Waals surface area (Å²) in [5, 5.41) is 9.01. The van der Waals surface area contributed by atoms with E-state index in [0.29, 0.717) is 5.75 Å². The number of ether oxygens (including phenoxy) is 1. The number of carbonyl (C=O) groups is 1. The quantitative estimate of drug-likeness (QED) is 0.840. The Hall–Kier alpha value is -1.03. The minimum absolute atomic E-state index is 0.295. The van der Waals surface area contributed by atoms with Crippen molar-refractivity contribution in [2.24, 2.45) is 0 Å². The van der Waals surface area contributed by atoms with Crippen LogP contribution in [0.25, 0.3) is 0 Å². The van der Waals surface area contributed by atoms with Gasteiger partial charge in [0.1, 0.15) is 17.8 Å². The fourth-order valence-electron chi connectivity index (χ4n) is 1.72. The summed E-state index contributed by atoms with van der Waals surface area (Å²) in [5.41, 5.74) is 0.758. The standard InChI is InChI=1S/C10H9BrO3/c1-5-9(10(12)13)7-3-2-6(11)4-8(7)14-5/h2-5,9H,1H3,(H,12,13). The van der Waals surface area contributed by atoms with Crippen LogP contribution in [0.5, 0.6) is 5.75 Å². The molecule has 0 saturated carbocycles. The fraction of sp³-hybridized carbons (Fsp3) is 0.300. The topological polar surface area (TPSA) is 46.5 Å². The molecule has 0 fully saturated rings. The Labute approximate surface area is 89.8 Å². The van der Waals surface area contributed by atoms with E-state index in [0.717, 1.165) is 10.0 Å². The molecule has 1 aliphatic heterocycles. The lowest BCUT2D eigenvalue weighted by Crippen LogP contribution is -2.21. The van der Waals surface area contributed by atoms with Crippen molar-refractivity contribution >= 4 is 21.9 Å². The third-order valence-corrected chi connectivity index (χ3v) is 2.85. The molecule has 1 aromatic rings. The van der Waals surface area contributed by atoms with Crippen LogP contribution in [-0.4, -0.2) is 17.2 Å². The molecule has 0 amide bonds. The van der Waals surface area contributed by atoms with Crippen molar-refractivity contribution < 1.29 is 14.6 Å². The predicted octanol–water partition coefficient (Wildman–Crippen LogP) is 2.40. The van der Waals surface area contributed by atoms with Crippen LogP contribution < -0.4 is 4.74 Å². The first-order valence-corrected chi connectivity index (χ1v) is 5.08. The molecule has 0 bridgehead atoms. The van der Waals surface area contributed by atoms with Crippen LogP contribution in [0, 0.1) is 0 Å². The maximum absolute atomic E-state index is 11.0. The number of hydrogen-bond acceptors (Lipinski definition) is 2. The molecule has 2 atom stereocenters. The van der Waals surface area contributed by atoms with Gasteiger partial charge in [0.15, 0.2) is 0 Å². The zero-order chi connectivity index (χ0) is 10.3. The van der Waals surface area contributed by atoms with E-state index in [2.05, 4.69) is 15.9 Å². The molecule has 14 heavy (non-hydrogen) atoms. The molecule has 2 rings (SSSR count). The van der Waals surface area contributed by atoms with Gasteiger partial charge < -0.3 is 9.84 Å². The summed E-state index contributed by atoms with van der Waals surface area (Å²) in [6.07, 6.45) is -0.295. The van der Waals surface area contributed by atoms with Crippen LogP contribution in [-0.2, 0) is 4.79 Å². The molecule has 0 radical (unpaired) electrons. The van der Waals surface area contributed by atoms with Gasteiger partial charge in [0.05, 0.1) is 0 Å². The average molecular weight is 257 g/mol. The van der Waals surface area contributed by atoms with E-state index in [1.807, 2.05) is 6.07 Å². The highest BCUT2D eigenvalue weighted by Crippen LogP contribution is 2.39. The van der Waals surface area contributed by atoms with Gasteiger partial charge >= 0.3 is 5.97 Å². The van der Waals surface area contributed by atoms with Gasteiger partial charge in [-0.2, -0.15) is 0 Å². The van der Waals surface area contributed by atoms with Crippen LogP contribution in [0.3, 0.4) is 0 Å². The average Bonchev–Trinajstić information content (AvgIpc) is 2.39. The normalized spacial score (nSPS) is 24.1. The second-order valence-electron chi connectivity index (χ2n) is 3.32. The molecule has 74 valence electrons. The summed E-state index contributed by atoms with van der Waals surface area (Å²) in [7, 11) is 0. The summed E-state index contributed by atoms with van der Waals surface area (Å²) in [5.74, 6) is -0.712. The maximum Gasteiger partial charge on any atom is 0.314 e. The summed E-state index contributed by atoms with van der Waals surface area (Å²) >= 11 is 3.31. The number of rotatable bonds is 1. The van der Waals surface area contributed by atoms with E-state index >= 15 is 0 Å². The smallest absolute Gasteiger partial charge is 0.314 e. The second-order valence-corrected chi connectivity index (χ2v) is 4.24. The van der Waals surface area contributed by atoms with Crippen molar-refractivity contribution in [3.05, 3.63) is 28.2 Å². The van der Waals surface area contributed by atoms with E-state index in [1.165, 1.54) is 0 Å². The first-order chi connectivity index (χ1) is 6.59. The largest absolute Gasteiger partial charge is 0.489 e. The van der Waals surface area contributed by atoms with Gasteiger partial charge in [-0.3, -0.25) is 4.79 Å². The lowest BCUT2D eigenvalue weighted by atomic mass is 9.97. The minimum Gasteiger partial charge on any atom is -0.489 e. The number of carboxylic acids is 1. The molecule has 2 unspecified atom stereocenters. The van der Waals surface area contributed by atoms with E-state index in [4.69, 9.17) is 9.84 Å². The highest BCUT2D eigenvalue weighted by molar-refractivity contribution is 9.10. The highest BCUT2D eigenvalue weighted by atomic mass is 79.9. The molecule has 0 aromatic heterocycles. The molecule has 1 N–H and O–H groups in total. The predicted molar refractivity (Wildman–Crippen MR) is 54.6 cm³/mol. The third kappa shape index (κ3) is 1.39. The fourth-order valence-corrected chi connectivity index (χ4v) is 2.06. The van der Waals surface area contributed by atoms with Crippen molar-refractivity contribution in [3.8, 4) is 5.75 Å². The minimum atomic E-state index is -0.835. The summed E-state index contributed by atoms with van der Waals surface area (Å²) in [6, 6.07) is 5.42. The Morgan fingerprint density at radius 1 is 1.57 bits per heavy atom. The number of benzene rings is 1. The Bertz CT molecular complexity index is 389. The van der Waals surface area contributed by atoms with E-state index < -0.39 is 11.9 Å². The SMILES string of the molecule is CC1Oc2cc(Br)ccc2C1C(=O)O. The summed E-state index contributed by atoms with van der Waals surface area (Å²) < 4.78 is 6.35. The molecule has 0 spiro atoms. The number of carboxylic acid groups (broad SMARTS) is 1. The van der Waals surface area contributed by atoms with Gasteiger partial charge in [-0.05, 0) is 19.1 Å². The first-order valence-electron chi connectivity index (χ1n) is 4.28. The summed E-state index contributed by atoms with van der Waals surface area (Å²) in [4.78, 5) is 11.0. The Kier molecular flexibility index (Phi) is 2.23. The molecule has 4 heteroatoms. The van der Waals surface area contributed by atoms with E-state index in [9.17, 15) is 4.79 Å². The number of halogens is 1. The van der Waals surface area contributed by atoms with Crippen molar-refractivity contribution in [2.45, 2.75) is 18.9 Å². The van der Waals surface area contributed by atoms with Gasteiger partial charge in [-0.25, -0.2) is 0 Å². The second kappa shape index (κ2) is 3.28. The first kappa shape index (κ1) is 9.52. The Balaban J connectivity index is 2.48. The lowest BCUT2D eigenvalue weighted by Gasteiger charge is -2.08. The zero-order valence-electron chi connectivity index (χ0n) is 7.53. The number of hydrogen-bond donors (Lipinski definition) is 1. The van der Waals surface area contributed by atoms with E-state index in [-0.39, 0.29) is 6.10 Å². The van der Waals surface area contributed by atoms with Crippen LogP contribution in [0.15, 0.2) is 22.7 Å². The highest BCUT2D eigenvalue weighted by Gasteiger charge is 2.36. The molecule has 0 saturated heterocycles. The molecule has 1 aliphatic rings. The van der Waals surface area contributed by atoms with Gasteiger partial charge in [0, 0.05) is 10.0 Å². The monoisotopic (exact) mass is 256 g/mol. The van der Waals surface area contributed by atoms with Crippen LogP contribution in [0.4, 0.5) is 0 Å². The van der Waals surface area contributed by atoms with Crippen LogP contribution >= 0.6 is 15.9 Å². The van der Waals surface area contributed by atoms with Crippen molar-refractivity contribution in [1.82, 2.24) is 0 Å². The molecule has 1 heterocycles. The van der Waals surface area contributed by atoms with Crippen LogP contribution in [0.1, 0.15) is 18.4 Å². The molecular formula is C10H9BrO3. The molecule has 3 nitrogen and oxygen atoms in total. The van der Waals surface area contributed by atoms with Gasteiger partial charge in [-0.15, -0.1) is 0 Å². The van der Waals surface area contributed by atoms with Crippen molar-refractivity contribution in [1.29, 1.82) is 0 Å². The van der Waals surface area contributed by atoms with Crippen molar-refractivity contribution in [2.75, 3.05) is 0 Å². The Morgan fingerprint density at radius 2 is 2.29 bits per heavy atom. The zero-order valence-corrected chi connectivity index (χ0v) is 9.11. The third-order valence-electron chi connectivity index (χ3n) is 2.36. The number of fused-ring (bicyclic) bond motifs is 1. The van der Waals surface area contributed by atoms with Crippen LogP contribution in [0.2, 0.25) is 0 Å². The number of aliphatic carboxylic acids is 1. The lowest BCUT2D eigenvalue weighted by molar-refractivity contribution is -0.140. The molecular weight excluding hydrogens is 248 g/mol. The van der Waals surface area contributed by atoms with Gasteiger partial charge in [-0.1, -0.05) is 22.0 Å². The molecule has 0 aliphatic carbocycles. The summed E-state index contributed by atoms with van der Waals surface area (Å²) in [6.45, 7) is 1.77. The maximum atomic E-state index is 11.0. The van der Waals surface area contributed by atoms with E-state index in [1.54, 1.807) is 19.1 Å².